The molecule has 3 N–H and O–H groups in total. The van der Waals surface area contributed by atoms with Crippen molar-refractivity contribution in [2.24, 2.45) is 17.9 Å². The van der Waals surface area contributed by atoms with Crippen LogP contribution >= 0.6 is 11.8 Å². The Labute approximate surface area is 114 Å². The van der Waals surface area contributed by atoms with E-state index in [1.54, 1.807) is 13.1 Å². The van der Waals surface area contributed by atoms with Crippen molar-refractivity contribution in [2.75, 3.05) is 6.26 Å². The van der Waals surface area contributed by atoms with Crippen LogP contribution in [-0.4, -0.2) is 32.1 Å². The molecule has 19 heavy (non-hydrogen) atoms. The highest BCUT2D eigenvalue weighted by atomic mass is 32.2. The molecule has 0 spiro atoms. The molecule has 7 nitrogen and oxygen atoms in total. The van der Waals surface area contributed by atoms with Crippen LogP contribution in [0.2, 0.25) is 0 Å². The number of aryl methyl sites for hydroxylation is 1. The lowest BCUT2D eigenvalue weighted by molar-refractivity contribution is 0.318. The largest absolute Gasteiger partial charge is 0.422 e. The lowest BCUT2D eigenvalue weighted by Crippen LogP contribution is -2.15. The predicted octanol–water partition coefficient (Wildman–Crippen LogP) is 1.42. The van der Waals surface area contributed by atoms with Gasteiger partial charge in [-0.2, -0.15) is 4.98 Å². The fraction of sp³-hybridized carbons (Fsp3) is 0.182. The summed E-state index contributed by atoms with van der Waals surface area (Å²) >= 11 is 1.47. The first-order chi connectivity index (χ1) is 9.15. The van der Waals surface area contributed by atoms with Gasteiger partial charge in [0.15, 0.2) is 5.84 Å². The van der Waals surface area contributed by atoms with E-state index in [1.807, 2.05) is 18.4 Å². The van der Waals surface area contributed by atoms with Crippen molar-refractivity contribution < 1.29 is 9.94 Å². The first-order valence-corrected chi connectivity index (χ1v) is 6.56. The fourth-order valence-electron chi connectivity index (χ4n) is 1.53. The molecule has 0 aliphatic heterocycles. The first kappa shape index (κ1) is 13.2. The van der Waals surface area contributed by atoms with E-state index in [4.69, 9.17) is 15.7 Å². The van der Waals surface area contributed by atoms with E-state index < -0.39 is 0 Å². The second-order valence-electron chi connectivity index (χ2n) is 3.62. The Morgan fingerprint density at radius 1 is 1.53 bits per heavy atom. The normalized spacial score (nSPS) is 11.6. The molecule has 0 radical (unpaired) electrons. The van der Waals surface area contributed by atoms with Crippen molar-refractivity contribution in [3.63, 3.8) is 0 Å². The number of rotatable bonds is 4. The van der Waals surface area contributed by atoms with Crippen molar-refractivity contribution >= 4 is 17.6 Å². The summed E-state index contributed by atoms with van der Waals surface area (Å²) in [6.07, 6.45) is 3.42. The third kappa shape index (κ3) is 2.79. The van der Waals surface area contributed by atoms with Crippen molar-refractivity contribution in [3.05, 3.63) is 30.1 Å². The van der Waals surface area contributed by atoms with Crippen LogP contribution in [0, 0.1) is 0 Å². The molecule has 0 unspecified atom stereocenters. The number of amidine groups is 1. The maximum absolute atomic E-state index is 8.87. The predicted molar refractivity (Wildman–Crippen MR) is 71.8 cm³/mol. The molecular formula is C11H13N5O2S. The molecule has 2 rings (SSSR count). The van der Waals surface area contributed by atoms with Gasteiger partial charge in [-0.1, -0.05) is 11.2 Å². The van der Waals surface area contributed by atoms with E-state index in [2.05, 4.69) is 15.2 Å². The lowest BCUT2D eigenvalue weighted by Gasteiger charge is -2.11. The Morgan fingerprint density at radius 2 is 2.32 bits per heavy atom. The highest BCUT2D eigenvalue weighted by Gasteiger charge is 2.15. The van der Waals surface area contributed by atoms with Gasteiger partial charge in [-0.25, -0.2) is 0 Å². The third-order valence-corrected chi connectivity index (χ3v) is 3.13. The van der Waals surface area contributed by atoms with Crippen LogP contribution in [0.25, 0.3) is 0 Å². The molecule has 1 heterocycles. The average molecular weight is 279 g/mol. The molecule has 0 amide bonds. The number of ether oxygens (including phenoxy) is 1. The van der Waals surface area contributed by atoms with Gasteiger partial charge >= 0.3 is 6.01 Å². The van der Waals surface area contributed by atoms with Crippen molar-refractivity contribution in [3.8, 4) is 11.8 Å². The zero-order valence-corrected chi connectivity index (χ0v) is 11.3. The molecule has 0 atom stereocenters. The number of hydrogen-bond donors (Lipinski definition) is 2. The molecule has 1 aromatic heterocycles. The maximum atomic E-state index is 8.87. The summed E-state index contributed by atoms with van der Waals surface area (Å²) in [6.45, 7) is 0. The number of hydrogen-bond acceptors (Lipinski definition) is 6. The molecular weight excluding hydrogens is 266 g/mol. The Balaban J connectivity index is 2.44. The smallest absolute Gasteiger partial charge is 0.341 e. The number of nitrogens with zero attached hydrogens (tertiary/aromatic N) is 4. The minimum absolute atomic E-state index is 0.0177. The fourth-order valence-corrected chi connectivity index (χ4v) is 2.16. The summed E-state index contributed by atoms with van der Waals surface area (Å²) < 4.78 is 7.09. The molecule has 8 heteroatoms. The van der Waals surface area contributed by atoms with Gasteiger partial charge in [-0.3, -0.25) is 4.68 Å². The number of oxime groups is 1. The highest BCUT2D eigenvalue weighted by Crippen LogP contribution is 2.30. The summed E-state index contributed by atoms with van der Waals surface area (Å²) in [5, 5.41) is 15.9. The van der Waals surface area contributed by atoms with Crippen molar-refractivity contribution in [1.82, 2.24) is 14.8 Å². The molecule has 0 aliphatic carbocycles. The van der Waals surface area contributed by atoms with Crippen LogP contribution in [-0.2, 0) is 7.05 Å². The molecule has 1 aromatic carbocycles. The van der Waals surface area contributed by atoms with E-state index in [1.165, 1.54) is 22.8 Å². The van der Waals surface area contributed by atoms with Crippen molar-refractivity contribution in [1.29, 1.82) is 0 Å². The molecule has 100 valence electrons. The van der Waals surface area contributed by atoms with Crippen molar-refractivity contribution in [2.45, 2.75) is 4.90 Å². The molecule has 0 saturated heterocycles. The third-order valence-electron chi connectivity index (χ3n) is 2.35. The molecule has 2 aromatic rings. The maximum Gasteiger partial charge on any atom is 0.341 e. The number of aromatic nitrogens is 3. The van der Waals surface area contributed by atoms with Crippen LogP contribution in [0.4, 0.5) is 0 Å². The minimum atomic E-state index is -0.0177. The Hall–Kier alpha value is -2.22. The zero-order valence-electron chi connectivity index (χ0n) is 10.4. The minimum Gasteiger partial charge on any atom is -0.422 e. The number of nitrogens with two attached hydrogens (primary N) is 1. The Morgan fingerprint density at radius 3 is 2.89 bits per heavy atom. The van der Waals surface area contributed by atoms with E-state index in [-0.39, 0.29) is 11.8 Å². The topological polar surface area (TPSA) is 98.5 Å². The van der Waals surface area contributed by atoms with Gasteiger partial charge in [-0.15, -0.1) is 16.9 Å². The lowest BCUT2D eigenvalue weighted by atomic mass is 10.2. The van der Waals surface area contributed by atoms with Gasteiger partial charge in [0, 0.05) is 11.9 Å². The Kier molecular flexibility index (Phi) is 3.91. The molecule has 0 bridgehead atoms. The van der Waals surface area contributed by atoms with Crippen LogP contribution in [0.15, 0.2) is 34.6 Å². The second kappa shape index (κ2) is 5.61. The van der Waals surface area contributed by atoms with E-state index in [9.17, 15) is 0 Å². The first-order valence-electron chi connectivity index (χ1n) is 5.34. The van der Waals surface area contributed by atoms with Crippen LogP contribution in [0.3, 0.4) is 0 Å². The summed E-state index contributed by atoms with van der Waals surface area (Å²) in [5.41, 5.74) is 6.21. The summed E-state index contributed by atoms with van der Waals surface area (Å²) in [5.74, 6) is 0.421. The van der Waals surface area contributed by atoms with Gasteiger partial charge < -0.3 is 15.7 Å². The summed E-state index contributed by atoms with van der Waals surface area (Å²) in [4.78, 5) is 4.81. The average Bonchev–Trinajstić information content (AvgIpc) is 2.83. The molecule has 0 saturated carbocycles. The van der Waals surface area contributed by atoms with E-state index in [0.29, 0.717) is 11.3 Å². The van der Waals surface area contributed by atoms with Gasteiger partial charge in [-0.05, 0) is 18.4 Å². The summed E-state index contributed by atoms with van der Waals surface area (Å²) in [7, 11) is 1.74. The highest BCUT2D eigenvalue weighted by molar-refractivity contribution is 7.98. The number of thioether (sulfide) groups is 1. The van der Waals surface area contributed by atoms with Crippen LogP contribution in [0.1, 0.15) is 5.56 Å². The van der Waals surface area contributed by atoms with Crippen LogP contribution < -0.4 is 10.5 Å². The van der Waals surface area contributed by atoms with Gasteiger partial charge in [0.05, 0.1) is 5.56 Å². The van der Waals surface area contributed by atoms with E-state index >= 15 is 0 Å². The Bertz CT molecular complexity index is 611. The monoisotopic (exact) mass is 279 g/mol. The summed E-state index contributed by atoms with van der Waals surface area (Å²) in [6, 6.07) is 5.59. The van der Waals surface area contributed by atoms with E-state index in [0.717, 1.165) is 4.90 Å². The van der Waals surface area contributed by atoms with Gasteiger partial charge in [0.1, 0.15) is 12.1 Å². The number of benzene rings is 1. The van der Waals surface area contributed by atoms with Gasteiger partial charge in [0.2, 0.25) is 0 Å². The second-order valence-corrected chi connectivity index (χ2v) is 4.47. The van der Waals surface area contributed by atoms with Gasteiger partial charge in [0.25, 0.3) is 0 Å². The SMILES string of the molecule is CSc1cccc(Oc2ncn(C)n2)c1/C(N)=N/O. The molecule has 0 fully saturated rings. The standard InChI is InChI=1S/C11H13N5O2S/c1-16-6-13-11(14-16)18-7-4-3-5-8(19-2)9(7)10(12)15-17/h3-6,17H,1-2H3,(H2,12,15). The van der Waals surface area contributed by atoms with Crippen LogP contribution in [0.5, 0.6) is 11.8 Å². The molecule has 0 aliphatic rings. The zero-order chi connectivity index (χ0) is 13.8. The quantitative estimate of drug-likeness (QED) is 0.289.